The van der Waals surface area contributed by atoms with Crippen molar-refractivity contribution in [2.24, 2.45) is 7.05 Å². The van der Waals surface area contributed by atoms with Crippen molar-refractivity contribution in [3.8, 4) is 22.8 Å². The largest absolute Gasteiger partial charge is 0.382 e. The van der Waals surface area contributed by atoms with Crippen LogP contribution in [0.2, 0.25) is 5.02 Å². The zero-order valence-electron chi connectivity index (χ0n) is 13.2. The number of nitrogens with two attached hydrogens (primary N) is 2. The molecule has 4 rings (SSSR count). The Hall–Kier alpha value is -3.26. The van der Waals surface area contributed by atoms with Crippen LogP contribution in [-0.4, -0.2) is 29.5 Å². The lowest BCUT2D eigenvalue weighted by Crippen LogP contribution is -2.06. The van der Waals surface area contributed by atoms with Crippen LogP contribution >= 0.6 is 11.6 Å². The first-order valence-corrected chi connectivity index (χ1v) is 7.75. The van der Waals surface area contributed by atoms with E-state index >= 15 is 0 Å². The summed E-state index contributed by atoms with van der Waals surface area (Å²) in [6, 6.07) is 7.29. The summed E-state index contributed by atoms with van der Waals surface area (Å²) in [6.07, 6.45) is 3.52. The van der Waals surface area contributed by atoms with Gasteiger partial charge in [-0.1, -0.05) is 23.7 Å². The van der Waals surface area contributed by atoms with Crippen LogP contribution < -0.4 is 11.5 Å². The summed E-state index contributed by atoms with van der Waals surface area (Å²) in [5, 5.41) is 0.631. The number of aryl methyl sites for hydroxylation is 1. The molecule has 4 aromatic rings. The molecule has 0 fully saturated rings. The van der Waals surface area contributed by atoms with Crippen molar-refractivity contribution < 1.29 is 0 Å². The molecule has 124 valence electrons. The highest BCUT2D eigenvalue weighted by molar-refractivity contribution is 6.30. The van der Waals surface area contributed by atoms with E-state index in [4.69, 9.17) is 23.1 Å². The maximum atomic E-state index is 5.99. The molecule has 3 aromatic heterocycles. The molecule has 0 unspecified atom stereocenters. The molecule has 25 heavy (non-hydrogen) atoms. The molecule has 0 saturated carbocycles. The molecule has 0 aliphatic carbocycles. The number of anilines is 2. The monoisotopic (exact) mass is 352 g/mol. The highest BCUT2D eigenvalue weighted by atomic mass is 35.5. The second kappa shape index (κ2) is 5.67. The average molecular weight is 353 g/mol. The van der Waals surface area contributed by atoms with Crippen LogP contribution in [0, 0.1) is 0 Å². The number of imidazole rings is 1. The van der Waals surface area contributed by atoms with Gasteiger partial charge in [-0.15, -0.1) is 0 Å². The van der Waals surface area contributed by atoms with Crippen molar-refractivity contribution >= 4 is 34.5 Å². The smallest absolute Gasteiger partial charge is 0.224 e. The van der Waals surface area contributed by atoms with E-state index in [9.17, 15) is 0 Å². The number of nitrogens with zero attached hydrogens (tertiary/aromatic N) is 6. The lowest BCUT2D eigenvalue weighted by molar-refractivity contribution is 0.917. The Morgan fingerprint density at radius 3 is 2.40 bits per heavy atom. The zero-order chi connectivity index (χ0) is 17.6. The van der Waals surface area contributed by atoms with Crippen LogP contribution in [0.1, 0.15) is 0 Å². The van der Waals surface area contributed by atoms with Gasteiger partial charge in [-0.3, -0.25) is 0 Å². The van der Waals surface area contributed by atoms with Crippen molar-refractivity contribution in [2.45, 2.75) is 0 Å². The lowest BCUT2D eigenvalue weighted by atomic mass is 10.1. The third-order valence-corrected chi connectivity index (χ3v) is 3.98. The summed E-state index contributed by atoms with van der Waals surface area (Å²) in [5.41, 5.74) is 14.3. The number of rotatable bonds is 2. The van der Waals surface area contributed by atoms with Crippen molar-refractivity contribution in [3.63, 3.8) is 0 Å². The summed E-state index contributed by atoms with van der Waals surface area (Å²) in [5.74, 6) is 0.870. The molecule has 0 amide bonds. The Morgan fingerprint density at radius 2 is 1.72 bits per heavy atom. The van der Waals surface area contributed by atoms with Crippen molar-refractivity contribution in [2.75, 3.05) is 11.5 Å². The summed E-state index contributed by atoms with van der Waals surface area (Å²) in [6.45, 7) is 0. The van der Waals surface area contributed by atoms with Gasteiger partial charge in [0.05, 0.1) is 0 Å². The first-order chi connectivity index (χ1) is 12.0. The molecule has 0 bridgehead atoms. The topological polar surface area (TPSA) is 121 Å². The highest BCUT2D eigenvalue weighted by Gasteiger charge is 2.18. The van der Waals surface area contributed by atoms with Crippen LogP contribution in [0.3, 0.4) is 0 Å². The van der Waals surface area contributed by atoms with Gasteiger partial charge in [0.15, 0.2) is 22.8 Å². The fourth-order valence-corrected chi connectivity index (χ4v) is 2.67. The minimum Gasteiger partial charge on any atom is -0.382 e. The summed E-state index contributed by atoms with van der Waals surface area (Å²) in [7, 11) is 1.88. The number of hydrogen-bond acceptors (Lipinski definition) is 7. The molecule has 0 radical (unpaired) electrons. The molecule has 3 heterocycles. The summed E-state index contributed by atoms with van der Waals surface area (Å²) >= 11 is 5.99. The molecular weight excluding hydrogens is 340 g/mol. The van der Waals surface area contributed by atoms with Gasteiger partial charge in [-0.2, -0.15) is 9.97 Å². The predicted molar refractivity (Wildman–Crippen MR) is 96.6 cm³/mol. The van der Waals surface area contributed by atoms with E-state index in [-0.39, 0.29) is 11.8 Å². The van der Waals surface area contributed by atoms with Crippen molar-refractivity contribution in [3.05, 3.63) is 41.7 Å². The molecule has 4 N–H and O–H groups in total. The number of fused-ring (bicyclic) bond motifs is 1. The Balaban J connectivity index is 2.07. The average Bonchev–Trinajstić information content (AvgIpc) is 3.00. The SMILES string of the molecule is Cn1ccnc1-c1nc2c(N)nc(N)nc2nc1-c1ccc(Cl)cc1. The fourth-order valence-electron chi connectivity index (χ4n) is 2.54. The van der Waals surface area contributed by atoms with E-state index in [0.29, 0.717) is 33.4 Å². The predicted octanol–water partition coefficient (Wildman–Crippen LogP) is 2.31. The Bertz CT molecular complexity index is 1090. The zero-order valence-corrected chi connectivity index (χ0v) is 13.9. The number of hydrogen-bond donors (Lipinski definition) is 2. The first-order valence-electron chi connectivity index (χ1n) is 7.37. The van der Waals surface area contributed by atoms with Gasteiger partial charge in [0, 0.05) is 30.0 Å². The quantitative estimate of drug-likeness (QED) is 0.567. The molecule has 0 spiro atoms. The van der Waals surface area contributed by atoms with Crippen LogP contribution in [0.4, 0.5) is 11.8 Å². The molecule has 0 aliphatic rings. The van der Waals surface area contributed by atoms with E-state index in [1.165, 1.54) is 0 Å². The second-order valence-electron chi connectivity index (χ2n) is 5.43. The molecule has 0 saturated heterocycles. The summed E-state index contributed by atoms with van der Waals surface area (Å²) in [4.78, 5) is 21.7. The van der Waals surface area contributed by atoms with E-state index in [0.717, 1.165) is 5.56 Å². The van der Waals surface area contributed by atoms with Gasteiger partial charge >= 0.3 is 0 Å². The molecular formula is C16H13ClN8. The van der Waals surface area contributed by atoms with E-state index < -0.39 is 0 Å². The maximum Gasteiger partial charge on any atom is 0.224 e. The molecule has 9 heteroatoms. The fraction of sp³-hybridized carbons (Fsp3) is 0.0625. The second-order valence-corrected chi connectivity index (χ2v) is 5.87. The first kappa shape index (κ1) is 15.3. The Labute approximate surface area is 147 Å². The third kappa shape index (κ3) is 2.62. The van der Waals surface area contributed by atoms with E-state index in [2.05, 4.69) is 24.9 Å². The number of benzene rings is 1. The number of halogens is 1. The minimum absolute atomic E-state index is 0.0473. The molecule has 0 atom stereocenters. The van der Waals surface area contributed by atoms with Gasteiger partial charge < -0.3 is 16.0 Å². The molecule has 0 aliphatic heterocycles. The Kier molecular flexibility index (Phi) is 3.47. The molecule has 1 aromatic carbocycles. The van der Waals surface area contributed by atoms with E-state index in [1.54, 1.807) is 18.3 Å². The van der Waals surface area contributed by atoms with Gasteiger partial charge in [0.25, 0.3) is 0 Å². The summed E-state index contributed by atoms with van der Waals surface area (Å²) < 4.78 is 1.85. The van der Waals surface area contributed by atoms with E-state index in [1.807, 2.05) is 29.9 Å². The maximum absolute atomic E-state index is 5.99. The standard InChI is InChI=1S/C16H13ClN8/c1-25-7-6-20-15(25)11-10(8-2-4-9(17)5-3-8)22-14-12(21-11)13(18)23-16(19)24-14/h2-7H,1H3,(H4,18,19,22,23,24). The van der Waals surface area contributed by atoms with Crippen molar-refractivity contribution in [1.82, 2.24) is 29.5 Å². The normalized spacial score (nSPS) is 11.1. The highest BCUT2D eigenvalue weighted by Crippen LogP contribution is 2.31. The van der Waals surface area contributed by atoms with Gasteiger partial charge in [-0.25, -0.2) is 15.0 Å². The van der Waals surface area contributed by atoms with Crippen LogP contribution in [0.15, 0.2) is 36.7 Å². The van der Waals surface area contributed by atoms with Gasteiger partial charge in [-0.05, 0) is 12.1 Å². The number of nitrogen functional groups attached to an aromatic ring is 2. The van der Waals surface area contributed by atoms with Gasteiger partial charge in [0.1, 0.15) is 11.4 Å². The van der Waals surface area contributed by atoms with Gasteiger partial charge in [0.2, 0.25) is 5.95 Å². The Morgan fingerprint density at radius 1 is 0.960 bits per heavy atom. The van der Waals surface area contributed by atoms with Crippen LogP contribution in [0.5, 0.6) is 0 Å². The number of aromatic nitrogens is 6. The van der Waals surface area contributed by atoms with Crippen molar-refractivity contribution in [1.29, 1.82) is 0 Å². The van der Waals surface area contributed by atoms with Crippen LogP contribution in [0.25, 0.3) is 33.9 Å². The minimum atomic E-state index is 0.0473. The molecule has 8 nitrogen and oxygen atoms in total. The van der Waals surface area contributed by atoms with Crippen LogP contribution in [-0.2, 0) is 7.05 Å². The lowest BCUT2D eigenvalue weighted by Gasteiger charge is -2.11. The third-order valence-electron chi connectivity index (χ3n) is 3.73.